The molecule has 0 N–H and O–H groups in total. The van der Waals surface area contributed by atoms with Crippen LogP contribution in [-0.4, -0.2) is 47.2 Å². The third kappa shape index (κ3) is 4.17. The molecule has 0 bridgehead atoms. The van der Waals surface area contributed by atoms with Crippen molar-refractivity contribution in [3.8, 4) is 5.88 Å². The number of nitrogens with zero attached hydrogens (tertiary/aromatic N) is 2. The van der Waals surface area contributed by atoms with Crippen molar-refractivity contribution in [3.63, 3.8) is 0 Å². The van der Waals surface area contributed by atoms with Gasteiger partial charge in [-0.05, 0) is 44.9 Å². The molecule has 2 aliphatic rings. The minimum Gasteiger partial charge on any atom is -0.474 e. The Labute approximate surface area is 164 Å². The number of pyridine rings is 1. The third-order valence-corrected chi connectivity index (χ3v) is 6.50. The van der Waals surface area contributed by atoms with Crippen LogP contribution in [0.3, 0.4) is 0 Å². The van der Waals surface area contributed by atoms with Crippen molar-refractivity contribution in [2.45, 2.75) is 51.2 Å². The fourth-order valence-corrected chi connectivity index (χ4v) is 4.84. The summed E-state index contributed by atoms with van der Waals surface area (Å²) in [7, 11) is 0. The molecule has 1 unspecified atom stereocenters. The predicted molar refractivity (Wildman–Crippen MR) is 106 cm³/mol. The second-order valence-electron chi connectivity index (χ2n) is 7.58. The van der Waals surface area contributed by atoms with Crippen molar-refractivity contribution in [2.75, 3.05) is 19.7 Å². The lowest BCUT2D eigenvalue weighted by Crippen LogP contribution is -2.52. The van der Waals surface area contributed by atoms with Crippen LogP contribution in [0.15, 0.2) is 30.3 Å². The van der Waals surface area contributed by atoms with Gasteiger partial charge in [-0.25, -0.2) is 4.98 Å². The monoisotopic (exact) mass is 386 g/mol. The molecule has 27 heavy (non-hydrogen) atoms. The van der Waals surface area contributed by atoms with Crippen LogP contribution in [-0.2, 0) is 4.74 Å². The maximum Gasteiger partial charge on any atom is 0.263 e. The molecule has 2 aromatic heterocycles. The number of carbonyl (C=O) groups excluding carboxylic acids is 1. The van der Waals surface area contributed by atoms with Gasteiger partial charge in [0.25, 0.3) is 5.91 Å². The van der Waals surface area contributed by atoms with E-state index in [1.807, 2.05) is 49.1 Å². The van der Waals surface area contributed by atoms with Gasteiger partial charge in [0, 0.05) is 42.6 Å². The average Bonchev–Trinajstić information content (AvgIpc) is 3.08. The van der Waals surface area contributed by atoms with Gasteiger partial charge in [0.1, 0.15) is 6.10 Å². The number of rotatable bonds is 3. The van der Waals surface area contributed by atoms with E-state index >= 15 is 0 Å². The SMILES string of the molecule is Cc1cccc(OC2CCOC3(CCN(C(=O)c4ccc(C)s4)CC3)C2)n1. The molecule has 144 valence electrons. The number of ether oxygens (including phenoxy) is 2. The number of piperidine rings is 1. The first-order valence-electron chi connectivity index (χ1n) is 9.63. The van der Waals surface area contributed by atoms with Gasteiger partial charge in [0.2, 0.25) is 5.88 Å². The number of hydrogen-bond acceptors (Lipinski definition) is 5. The third-order valence-electron chi connectivity index (χ3n) is 5.51. The van der Waals surface area contributed by atoms with E-state index in [9.17, 15) is 4.79 Å². The number of carbonyl (C=O) groups is 1. The first kappa shape index (κ1) is 18.4. The number of aromatic nitrogens is 1. The molecule has 4 rings (SSSR count). The first-order valence-corrected chi connectivity index (χ1v) is 10.4. The van der Waals surface area contributed by atoms with E-state index < -0.39 is 0 Å². The van der Waals surface area contributed by atoms with E-state index in [2.05, 4.69) is 4.98 Å². The highest BCUT2D eigenvalue weighted by atomic mass is 32.1. The minimum atomic E-state index is -0.172. The normalized spacial score (nSPS) is 22.0. The van der Waals surface area contributed by atoms with Crippen LogP contribution in [0, 0.1) is 13.8 Å². The van der Waals surface area contributed by atoms with Crippen LogP contribution in [0.5, 0.6) is 5.88 Å². The zero-order valence-corrected chi connectivity index (χ0v) is 16.8. The highest BCUT2D eigenvalue weighted by Gasteiger charge is 2.42. The molecule has 2 saturated heterocycles. The van der Waals surface area contributed by atoms with Crippen molar-refractivity contribution in [3.05, 3.63) is 45.8 Å². The number of hydrogen-bond donors (Lipinski definition) is 0. The number of thiophene rings is 1. The Morgan fingerprint density at radius 3 is 2.78 bits per heavy atom. The summed E-state index contributed by atoms with van der Waals surface area (Å²) in [6.45, 7) is 6.19. The quantitative estimate of drug-likeness (QED) is 0.800. The Morgan fingerprint density at radius 2 is 2.07 bits per heavy atom. The van der Waals surface area contributed by atoms with E-state index in [1.54, 1.807) is 11.3 Å². The van der Waals surface area contributed by atoms with Gasteiger partial charge >= 0.3 is 0 Å². The molecule has 2 aromatic rings. The Morgan fingerprint density at radius 1 is 1.26 bits per heavy atom. The zero-order valence-electron chi connectivity index (χ0n) is 15.9. The van der Waals surface area contributed by atoms with E-state index in [0.717, 1.165) is 49.3 Å². The molecule has 1 spiro atoms. The molecule has 1 amide bonds. The Kier molecular flexibility index (Phi) is 5.19. The summed E-state index contributed by atoms with van der Waals surface area (Å²) in [6.07, 6.45) is 3.60. The lowest BCUT2D eigenvalue weighted by atomic mass is 9.83. The first-order chi connectivity index (χ1) is 13.0. The van der Waals surface area contributed by atoms with Crippen molar-refractivity contribution in [2.24, 2.45) is 0 Å². The molecule has 1 atom stereocenters. The summed E-state index contributed by atoms with van der Waals surface area (Å²) in [5.41, 5.74) is 0.791. The van der Waals surface area contributed by atoms with Gasteiger partial charge in [-0.3, -0.25) is 4.79 Å². The smallest absolute Gasteiger partial charge is 0.263 e. The van der Waals surface area contributed by atoms with Crippen molar-refractivity contribution in [1.29, 1.82) is 0 Å². The van der Waals surface area contributed by atoms with Crippen molar-refractivity contribution < 1.29 is 14.3 Å². The summed E-state index contributed by atoms with van der Waals surface area (Å²) in [6, 6.07) is 9.81. The van der Waals surface area contributed by atoms with E-state index in [4.69, 9.17) is 9.47 Å². The van der Waals surface area contributed by atoms with Crippen LogP contribution in [0.2, 0.25) is 0 Å². The van der Waals surface area contributed by atoms with Gasteiger partial charge < -0.3 is 14.4 Å². The maximum atomic E-state index is 12.7. The molecule has 2 aliphatic heterocycles. The van der Waals surface area contributed by atoms with Crippen molar-refractivity contribution >= 4 is 17.2 Å². The predicted octanol–water partition coefficient (Wildman–Crippen LogP) is 3.99. The van der Waals surface area contributed by atoms with Crippen LogP contribution in [0.1, 0.15) is 45.9 Å². The summed E-state index contributed by atoms with van der Waals surface area (Å²) in [5, 5.41) is 0. The van der Waals surface area contributed by atoms with Crippen LogP contribution >= 0.6 is 11.3 Å². The Hall–Kier alpha value is -1.92. The number of aryl methyl sites for hydroxylation is 2. The molecule has 0 saturated carbocycles. The van der Waals surface area contributed by atoms with Gasteiger partial charge in [-0.2, -0.15) is 0 Å². The van der Waals surface area contributed by atoms with Gasteiger partial charge in [0.15, 0.2) is 0 Å². The average molecular weight is 387 g/mol. The molecule has 0 aromatic carbocycles. The maximum absolute atomic E-state index is 12.7. The largest absolute Gasteiger partial charge is 0.474 e. The van der Waals surface area contributed by atoms with Crippen molar-refractivity contribution in [1.82, 2.24) is 9.88 Å². The lowest BCUT2D eigenvalue weighted by molar-refractivity contribution is -0.135. The number of likely N-dealkylation sites (tertiary alicyclic amines) is 1. The molecule has 2 fully saturated rings. The zero-order chi connectivity index (χ0) is 18.9. The summed E-state index contributed by atoms with van der Waals surface area (Å²) in [5.74, 6) is 0.841. The second kappa shape index (κ2) is 7.60. The molecular formula is C21H26N2O3S. The topological polar surface area (TPSA) is 51.7 Å². The molecule has 0 radical (unpaired) electrons. The molecular weight excluding hydrogens is 360 g/mol. The number of amides is 1. The minimum absolute atomic E-state index is 0.121. The Bertz CT molecular complexity index is 811. The van der Waals surface area contributed by atoms with Gasteiger partial charge in [-0.15, -0.1) is 11.3 Å². The molecule has 5 nitrogen and oxygen atoms in total. The molecule has 6 heteroatoms. The summed E-state index contributed by atoms with van der Waals surface area (Å²) in [4.78, 5) is 21.1. The van der Waals surface area contributed by atoms with E-state index in [0.29, 0.717) is 12.5 Å². The highest BCUT2D eigenvalue weighted by molar-refractivity contribution is 7.13. The van der Waals surface area contributed by atoms with Crippen LogP contribution in [0.25, 0.3) is 0 Å². The lowest BCUT2D eigenvalue weighted by Gasteiger charge is -2.45. The standard InChI is InChI=1S/C21H26N2O3S/c1-15-4-3-5-19(22-15)26-17-8-13-25-21(14-17)9-11-23(12-10-21)20(24)18-7-6-16(2)27-18/h3-7,17H,8-14H2,1-2H3. The summed E-state index contributed by atoms with van der Waals surface area (Å²) >= 11 is 1.57. The van der Waals surface area contributed by atoms with Crippen LogP contribution in [0.4, 0.5) is 0 Å². The fourth-order valence-electron chi connectivity index (χ4n) is 4.01. The van der Waals surface area contributed by atoms with Gasteiger partial charge in [-0.1, -0.05) is 6.07 Å². The fraction of sp³-hybridized carbons (Fsp3) is 0.524. The van der Waals surface area contributed by atoms with E-state index in [1.165, 1.54) is 4.88 Å². The Balaban J connectivity index is 1.36. The van der Waals surface area contributed by atoms with Gasteiger partial charge in [0.05, 0.1) is 17.1 Å². The molecule has 0 aliphatic carbocycles. The summed E-state index contributed by atoms with van der Waals surface area (Å²) < 4.78 is 12.3. The van der Waals surface area contributed by atoms with Crippen LogP contribution < -0.4 is 4.74 Å². The second-order valence-corrected chi connectivity index (χ2v) is 8.87. The molecule has 4 heterocycles. The van der Waals surface area contributed by atoms with E-state index in [-0.39, 0.29) is 17.6 Å². The highest BCUT2D eigenvalue weighted by Crippen LogP contribution is 2.37.